The van der Waals surface area contributed by atoms with Crippen LogP contribution in [0.3, 0.4) is 0 Å². The highest BCUT2D eigenvalue weighted by molar-refractivity contribution is 5.96. The Hall–Kier alpha value is -2.42. The number of H-pyrrole nitrogens is 1. The number of hydrogen-bond donors (Lipinski definition) is 4. The largest absolute Gasteiger partial charge is 0.465 e. The number of rotatable bonds is 2. The smallest absolute Gasteiger partial charge is 0.405 e. The molecule has 0 fully saturated rings. The normalized spacial score (nSPS) is 18.6. The van der Waals surface area contributed by atoms with Crippen molar-refractivity contribution in [2.45, 2.75) is 25.3 Å². The highest BCUT2D eigenvalue weighted by atomic mass is 16.4. The monoisotopic (exact) mass is 261 g/mol. The number of carbonyl (C=O) groups excluding carboxylic acids is 1. The highest BCUT2D eigenvalue weighted by Crippen LogP contribution is 2.24. The van der Waals surface area contributed by atoms with Crippen molar-refractivity contribution >= 4 is 12.0 Å². The van der Waals surface area contributed by atoms with Crippen LogP contribution in [0.25, 0.3) is 0 Å². The third kappa shape index (κ3) is 3.07. The molecule has 2 rings (SSSR count). The molecule has 19 heavy (non-hydrogen) atoms. The summed E-state index contributed by atoms with van der Waals surface area (Å²) in [5.41, 5.74) is 1.56. The van der Waals surface area contributed by atoms with Crippen LogP contribution < -0.4 is 10.6 Å². The van der Waals surface area contributed by atoms with E-state index >= 15 is 0 Å². The molecule has 2 amide bonds. The van der Waals surface area contributed by atoms with E-state index in [0.717, 1.165) is 5.69 Å². The minimum absolute atomic E-state index is 0.0682. The van der Waals surface area contributed by atoms with Crippen molar-refractivity contribution in [2.75, 3.05) is 6.54 Å². The Labute approximate surface area is 110 Å². The fourth-order valence-electron chi connectivity index (χ4n) is 2.06. The van der Waals surface area contributed by atoms with Gasteiger partial charge in [0.1, 0.15) is 0 Å². The first-order valence-electron chi connectivity index (χ1n) is 6.01. The summed E-state index contributed by atoms with van der Waals surface area (Å²) in [5, 5.41) is 13.6. The molecule has 0 aromatic carbocycles. The zero-order valence-corrected chi connectivity index (χ0v) is 10.5. The van der Waals surface area contributed by atoms with E-state index in [4.69, 9.17) is 5.11 Å². The van der Waals surface area contributed by atoms with Crippen LogP contribution in [0.1, 0.15) is 35.3 Å². The summed E-state index contributed by atoms with van der Waals surface area (Å²) < 4.78 is 0. The minimum atomic E-state index is -1.08. The van der Waals surface area contributed by atoms with Crippen molar-refractivity contribution in [2.24, 2.45) is 0 Å². The van der Waals surface area contributed by atoms with Crippen molar-refractivity contribution in [3.8, 4) is 11.8 Å². The molecule has 1 aliphatic rings. The minimum Gasteiger partial charge on any atom is -0.465 e. The molecule has 0 aliphatic carbocycles. The van der Waals surface area contributed by atoms with Crippen LogP contribution in [0.5, 0.6) is 0 Å². The van der Waals surface area contributed by atoms with Crippen molar-refractivity contribution < 1.29 is 14.7 Å². The SMILES string of the molecule is CC(C#CCC1CNC(=O)c2cc[nH]c21)NC(=O)O. The van der Waals surface area contributed by atoms with E-state index in [1.165, 1.54) is 0 Å². The number of carboxylic acid groups (broad SMARTS) is 1. The van der Waals surface area contributed by atoms with Gasteiger partial charge in [0.15, 0.2) is 0 Å². The summed E-state index contributed by atoms with van der Waals surface area (Å²) in [5.74, 6) is 5.84. The first kappa shape index (κ1) is 13.0. The van der Waals surface area contributed by atoms with Gasteiger partial charge in [-0.15, -0.1) is 5.92 Å². The zero-order valence-electron chi connectivity index (χ0n) is 10.5. The molecule has 2 atom stereocenters. The molecule has 1 aromatic heterocycles. The number of aromatic amines is 1. The molecule has 1 aliphatic heterocycles. The predicted molar refractivity (Wildman–Crippen MR) is 68.9 cm³/mol. The molecular weight excluding hydrogens is 246 g/mol. The van der Waals surface area contributed by atoms with Crippen LogP contribution in [-0.2, 0) is 0 Å². The molecule has 0 saturated heterocycles. The van der Waals surface area contributed by atoms with E-state index in [0.29, 0.717) is 18.5 Å². The Kier molecular flexibility index (Phi) is 3.76. The number of amides is 2. The van der Waals surface area contributed by atoms with Gasteiger partial charge in [-0.1, -0.05) is 5.92 Å². The molecule has 0 spiro atoms. The number of aromatic nitrogens is 1. The standard InChI is InChI=1S/C13H15N3O3/c1-8(16-13(18)19)3-2-4-9-7-15-12(17)10-5-6-14-11(9)10/h5-6,8-9,14,16H,4,7H2,1H3,(H,15,17)(H,18,19). The Morgan fingerprint density at radius 1 is 1.68 bits per heavy atom. The van der Waals surface area contributed by atoms with E-state index < -0.39 is 12.1 Å². The molecule has 2 heterocycles. The Balaban J connectivity index is 1.99. The van der Waals surface area contributed by atoms with Crippen LogP contribution in [0.2, 0.25) is 0 Å². The lowest BCUT2D eigenvalue weighted by atomic mass is 9.94. The zero-order chi connectivity index (χ0) is 13.8. The summed E-state index contributed by atoms with van der Waals surface area (Å²) in [4.78, 5) is 25.0. The van der Waals surface area contributed by atoms with Gasteiger partial charge in [0.25, 0.3) is 5.91 Å². The molecule has 0 radical (unpaired) electrons. The van der Waals surface area contributed by atoms with Gasteiger partial charge in [-0.2, -0.15) is 0 Å². The van der Waals surface area contributed by atoms with Crippen molar-refractivity contribution in [3.63, 3.8) is 0 Å². The lowest BCUT2D eigenvalue weighted by Crippen LogP contribution is -2.34. The summed E-state index contributed by atoms with van der Waals surface area (Å²) in [6.07, 6.45) is 1.22. The molecule has 2 unspecified atom stereocenters. The summed E-state index contributed by atoms with van der Waals surface area (Å²) in [6.45, 7) is 2.23. The molecule has 6 nitrogen and oxygen atoms in total. The molecule has 100 valence electrons. The highest BCUT2D eigenvalue weighted by Gasteiger charge is 2.25. The van der Waals surface area contributed by atoms with E-state index in [9.17, 15) is 9.59 Å². The average Bonchev–Trinajstić information content (AvgIpc) is 2.81. The quantitative estimate of drug-likeness (QED) is 0.595. The molecule has 0 saturated carbocycles. The summed E-state index contributed by atoms with van der Waals surface area (Å²) in [7, 11) is 0. The Bertz CT molecular complexity index is 553. The van der Waals surface area contributed by atoms with Gasteiger partial charge >= 0.3 is 6.09 Å². The van der Waals surface area contributed by atoms with E-state index in [1.807, 2.05) is 0 Å². The third-order valence-corrected chi connectivity index (χ3v) is 2.95. The maximum absolute atomic E-state index is 11.6. The maximum atomic E-state index is 11.6. The predicted octanol–water partition coefficient (Wildman–Crippen LogP) is 0.891. The molecular formula is C13H15N3O3. The van der Waals surface area contributed by atoms with Gasteiger partial charge in [-0.05, 0) is 13.0 Å². The Morgan fingerprint density at radius 3 is 3.21 bits per heavy atom. The summed E-state index contributed by atoms with van der Waals surface area (Å²) in [6, 6.07) is 1.34. The van der Waals surface area contributed by atoms with Gasteiger partial charge in [0.05, 0.1) is 11.6 Å². The van der Waals surface area contributed by atoms with Crippen LogP contribution >= 0.6 is 0 Å². The first-order valence-corrected chi connectivity index (χ1v) is 6.01. The number of carbonyl (C=O) groups is 2. The number of fused-ring (bicyclic) bond motifs is 1. The second-order valence-corrected chi connectivity index (χ2v) is 4.41. The van der Waals surface area contributed by atoms with Gasteiger partial charge < -0.3 is 20.7 Å². The molecule has 1 aromatic rings. The van der Waals surface area contributed by atoms with Crippen molar-refractivity contribution in [3.05, 3.63) is 23.5 Å². The molecule has 4 N–H and O–H groups in total. The van der Waals surface area contributed by atoms with Crippen molar-refractivity contribution in [1.82, 2.24) is 15.6 Å². The van der Waals surface area contributed by atoms with Gasteiger partial charge in [-0.25, -0.2) is 4.79 Å². The van der Waals surface area contributed by atoms with E-state index in [2.05, 4.69) is 27.5 Å². The van der Waals surface area contributed by atoms with Crippen LogP contribution in [0.4, 0.5) is 4.79 Å². The average molecular weight is 261 g/mol. The van der Waals surface area contributed by atoms with Gasteiger partial charge in [-0.3, -0.25) is 4.79 Å². The third-order valence-electron chi connectivity index (χ3n) is 2.95. The van der Waals surface area contributed by atoms with Crippen LogP contribution in [0, 0.1) is 11.8 Å². The second-order valence-electron chi connectivity index (χ2n) is 4.41. The molecule has 0 bridgehead atoms. The fraction of sp³-hybridized carbons (Fsp3) is 0.385. The number of nitrogens with one attached hydrogen (secondary N) is 3. The first-order chi connectivity index (χ1) is 9.08. The lowest BCUT2D eigenvalue weighted by Gasteiger charge is -2.21. The Morgan fingerprint density at radius 2 is 2.47 bits per heavy atom. The molecule has 6 heteroatoms. The fourth-order valence-corrected chi connectivity index (χ4v) is 2.06. The maximum Gasteiger partial charge on any atom is 0.405 e. The van der Waals surface area contributed by atoms with E-state index in [-0.39, 0.29) is 11.8 Å². The lowest BCUT2D eigenvalue weighted by molar-refractivity contribution is 0.0940. The van der Waals surface area contributed by atoms with Crippen LogP contribution in [0.15, 0.2) is 12.3 Å². The second kappa shape index (κ2) is 5.48. The van der Waals surface area contributed by atoms with E-state index in [1.54, 1.807) is 19.2 Å². The van der Waals surface area contributed by atoms with Crippen LogP contribution in [-0.4, -0.2) is 34.7 Å². The topological polar surface area (TPSA) is 94.2 Å². The number of hydrogen-bond acceptors (Lipinski definition) is 2. The van der Waals surface area contributed by atoms with Gasteiger partial charge in [0, 0.05) is 30.8 Å². The summed E-state index contributed by atoms with van der Waals surface area (Å²) >= 11 is 0. The van der Waals surface area contributed by atoms with Gasteiger partial charge in [0.2, 0.25) is 0 Å². The van der Waals surface area contributed by atoms with Crippen molar-refractivity contribution in [1.29, 1.82) is 0 Å².